The topological polar surface area (TPSA) is 82.3 Å². The van der Waals surface area contributed by atoms with Crippen molar-refractivity contribution in [1.29, 1.82) is 0 Å². The third-order valence-electron chi connectivity index (χ3n) is 1.11. The molecule has 0 bridgehead atoms. The highest BCUT2D eigenvalue weighted by atomic mass is 16.6. The van der Waals surface area contributed by atoms with E-state index in [9.17, 15) is 14.9 Å². The van der Waals surface area contributed by atoms with Crippen molar-refractivity contribution in [3.8, 4) is 5.88 Å². The van der Waals surface area contributed by atoms with Crippen LogP contribution in [0, 0.1) is 10.1 Å². The molecule has 62 valence electrons. The summed E-state index contributed by atoms with van der Waals surface area (Å²) in [6.45, 7) is 0.0926. The Labute approximate surface area is 66.9 Å². The predicted octanol–water partition coefficient (Wildman–Crippen LogP) is 0.525. The van der Waals surface area contributed by atoms with Gasteiger partial charge >= 0.3 is 11.6 Å². The second-order valence-corrected chi connectivity index (χ2v) is 1.80. The number of carbonyl (C=O) groups excluding carboxylic acids is 1. The molecule has 0 aliphatic rings. The smallest absolute Gasteiger partial charge is 0.331 e. The zero-order chi connectivity index (χ0) is 8.97. The number of pyridine rings is 1. The van der Waals surface area contributed by atoms with Crippen molar-refractivity contribution in [3.05, 3.63) is 28.4 Å². The fraction of sp³-hybridized carbons (Fsp3) is 0. The molecule has 0 atom stereocenters. The van der Waals surface area contributed by atoms with E-state index in [-0.39, 0.29) is 18.0 Å². The van der Waals surface area contributed by atoms with Crippen molar-refractivity contribution in [3.63, 3.8) is 0 Å². The average molecular weight is 168 g/mol. The maximum Gasteiger partial charge on any atom is 0.331 e. The van der Waals surface area contributed by atoms with Crippen molar-refractivity contribution in [2.24, 2.45) is 0 Å². The molecule has 0 saturated heterocycles. The van der Waals surface area contributed by atoms with Gasteiger partial charge in [0, 0.05) is 12.3 Å². The second kappa shape index (κ2) is 3.42. The summed E-state index contributed by atoms with van der Waals surface area (Å²) in [6.07, 6.45) is 1.30. The maximum atomic E-state index is 10.3. The monoisotopic (exact) mass is 168 g/mol. The molecule has 0 N–H and O–H groups in total. The highest BCUT2D eigenvalue weighted by molar-refractivity contribution is 5.50. The van der Waals surface area contributed by atoms with E-state index in [1.165, 1.54) is 18.3 Å². The van der Waals surface area contributed by atoms with E-state index < -0.39 is 4.92 Å². The van der Waals surface area contributed by atoms with Crippen LogP contribution in [0.15, 0.2) is 18.3 Å². The lowest BCUT2D eigenvalue weighted by Crippen LogP contribution is -1.97. The zero-order valence-corrected chi connectivity index (χ0v) is 5.84. The Morgan fingerprint density at radius 1 is 1.67 bits per heavy atom. The lowest BCUT2D eigenvalue weighted by Gasteiger charge is -1.95. The normalized spacial score (nSPS) is 9.00. The number of ether oxygens (including phenoxy) is 1. The fourth-order valence-corrected chi connectivity index (χ4v) is 0.658. The van der Waals surface area contributed by atoms with Crippen molar-refractivity contribution in [2.45, 2.75) is 0 Å². The van der Waals surface area contributed by atoms with Gasteiger partial charge in [0.1, 0.15) is 0 Å². The third-order valence-corrected chi connectivity index (χ3v) is 1.11. The number of hydrogen-bond donors (Lipinski definition) is 0. The van der Waals surface area contributed by atoms with Crippen LogP contribution in [0.3, 0.4) is 0 Å². The van der Waals surface area contributed by atoms with Crippen LogP contribution >= 0.6 is 0 Å². The number of aromatic nitrogens is 1. The first-order valence-electron chi connectivity index (χ1n) is 2.95. The van der Waals surface area contributed by atoms with Crippen LogP contribution in [0.1, 0.15) is 0 Å². The Hall–Kier alpha value is -1.98. The molecule has 0 radical (unpaired) electrons. The summed E-state index contributed by atoms with van der Waals surface area (Å²) in [4.78, 5) is 23.0. The van der Waals surface area contributed by atoms with Crippen molar-refractivity contribution in [1.82, 2.24) is 4.98 Å². The molecular weight excluding hydrogens is 164 g/mol. The summed E-state index contributed by atoms with van der Waals surface area (Å²) in [7, 11) is 0. The average Bonchev–Trinajstić information content (AvgIpc) is 2.05. The lowest BCUT2D eigenvalue weighted by molar-refractivity contribution is -0.386. The molecule has 0 saturated carbocycles. The number of hydrogen-bond acceptors (Lipinski definition) is 5. The Kier molecular flexibility index (Phi) is 2.32. The van der Waals surface area contributed by atoms with Gasteiger partial charge in [0.05, 0.1) is 4.92 Å². The summed E-state index contributed by atoms with van der Waals surface area (Å²) in [5.74, 6) is -0.294. The first-order valence-corrected chi connectivity index (χ1v) is 2.95. The van der Waals surface area contributed by atoms with Gasteiger partial charge in [-0.05, 0) is 6.07 Å². The van der Waals surface area contributed by atoms with Crippen molar-refractivity contribution < 1.29 is 14.5 Å². The van der Waals surface area contributed by atoms with Crippen LogP contribution in [0.2, 0.25) is 0 Å². The van der Waals surface area contributed by atoms with Crippen LogP contribution < -0.4 is 4.74 Å². The number of rotatable bonds is 3. The van der Waals surface area contributed by atoms with Gasteiger partial charge in [-0.1, -0.05) is 0 Å². The van der Waals surface area contributed by atoms with Gasteiger partial charge < -0.3 is 4.74 Å². The molecule has 0 fully saturated rings. The summed E-state index contributed by atoms with van der Waals surface area (Å²) < 4.78 is 4.26. The molecule has 0 spiro atoms. The SMILES string of the molecule is O=COc1ncccc1[N+](=O)[O-]. The molecule has 6 heteroatoms. The number of carbonyl (C=O) groups is 1. The number of nitro groups is 1. The zero-order valence-electron chi connectivity index (χ0n) is 5.84. The van der Waals surface area contributed by atoms with E-state index in [0.29, 0.717) is 0 Å². The molecule has 0 aromatic carbocycles. The van der Waals surface area contributed by atoms with E-state index in [2.05, 4.69) is 9.72 Å². The van der Waals surface area contributed by atoms with Crippen LogP contribution in [0.25, 0.3) is 0 Å². The van der Waals surface area contributed by atoms with Crippen molar-refractivity contribution in [2.75, 3.05) is 0 Å². The predicted molar refractivity (Wildman–Crippen MR) is 37.6 cm³/mol. The van der Waals surface area contributed by atoms with Gasteiger partial charge in [-0.3, -0.25) is 14.9 Å². The lowest BCUT2D eigenvalue weighted by atomic mass is 10.4. The van der Waals surface area contributed by atoms with Crippen LogP contribution in [0.5, 0.6) is 5.88 Å². The summed E-state index contributed by atoms with van der Waals surface area (Å²) in [6, 6.07) is 2.58. The van der Waals surface area contributed by atoms with Gasteiger partial charge in [-0.25, -0.2) is 4.98 Å². The molecule has 1 heterocycles. The molecule has 0 aliphatic heterocycles. The molecule has 0 aliphatic carbocycles. The fourth-order valence-electron chi connectivity index (χ4n) is 0.658. The highest BCUT2D eigenvalue weighted by Crippen LogP contribution is 2.21. The molecule has 1 aromatic heterocycles. The van der Waals surface area contributed by atoms with Gasteiger partial charge in [0.2, 0.25) is 0 Å². The second-order valence-electron chi connectivity index (χ2n) is 1.80. The van der Waals surface area contributed by atoms with Gasteiger partial charge in [-0.15, -0.1) is 0 Å². The molecule has 1 rings (SSSR count). The first-order chi connectivity index (χ1) is 5.75. The summed E-state index contributed by atoms with van der Waals surface area (Å²) in [5.41, 5.74) is -0.329. The Balaban J connectivity index is 3.07. The third kappa shape index (κ3) is 1.54. The Morgan fingerprint density at radius 3 is 3.00 bits per heavy atom. The van der Waals surface area contributed by atoms with Crippen LogP contribution in [0.4, 0.5) is 5.69 Å². The number of nitrogens with zero attached hydrogens (tertiary/aromatic N) is 2. The van der Waals surface area contributed by atoms with Crippen LogP contribution in [-0.2, 0) is 4.79 Å². The molecule has 1 aromatic rings. The standard InChI is InChI=1S/C6H4N2O4/c9-4-12-6-5(8(10)11)2-1-3-7-6/h1-4H. The van der Waals surface area contributed by atoms with Crippen molar-refractivity contribution >= 4 is 12.2 Å². The van der Waals surface area contributed by atoms with E-state index in [0.717, 1.165) is 0 Å². The Bertz CT molecular complexity index is 312. The van der Waals surface area contributed by atoms with Gasteiger partial charge in [-0.2, -0.15) is 0 Å². The van der Waals surface area contributed by atoms with Crippen LogP contribution in [-0.4, -0.2) is 16.4 Å². The van der Waals surface area contributed by atoms with E-state index >= 15 is 0 Å². The Morgan fingerprint density at radius 2 is 2.42 bits per heavy atom. The maximum absolute atomic E-state index is 10.3. The minimum absolute atomic E-state index is 0.0926. The van der Waals surface area contributed by atoms with E-state index in [1.807, 2.05) is 0 Å². The van der Waals surface area contributed by atoms with E-state index in [4.69, 9.17) is 0 Å². The largest absolute Gasteiger partial charge is 0.403 e. The minimum atomic E-state index is -0.675. The molecule has 6 nitrogen and oxygen atoms in total. The summed E-state index contributed by atoms with van der Waals surface area (Å²) in [5, 5.41) is 10.3. The molecule has 0 amide bonds. The first kappa shape index (κ1) is 8.12. The molecule has 12 heavy (non-hydrogen) atoms. The molecular formula is C6H4N2O4. The van der Waals surface area contributed by atoms with Gasteiger partial charge in [0.15, 0.2) is 0 Å². The summed E-state index contributed by atoms with van der Waals surface area (Å²) >= 11 is 0. The van der Waals surface area contributed by atoms with E-state index in [1.54, 1.807) is 0 Å². The highest BCUT2D eigenvalue weighted by Gasteiger charge is 2.14. The quantitative estimate of drug-likeness (QED) is 0.373. The minimum Gasteiger partial charge on any atom is -0.403 e. The van der Waals surface area contributed by atoms with Gasteiger partial charge in [0.25, 0.3) is 6.47 Å². The molecule has 0 unspecified atom stereocenters.